The van der Waals surface area contributed by atoms with Crippen LogP contribution in [0.2, 0.25) is 5.02 Å². The molecule has 0 aliphatic heterocycles. The highest BCUT2D eigenvalue weighted by Gasteiger charge is 2.09. The topological polar surface area (TPSA) is 29.9 Å². The first-order valence-electron chi connectivity index (χ1n) is 6.60. The van der Waals surface area contributed by atoms with Crippen molar-refractivity contribution < 1.29 is 0 Å². The number of rotatable bonds is 5. The Morgan fingerprint density at radius 1 is 1.32 bits per heavy atom. The summed E-state index contributed by atoms with van der Waals surface area (Å²) < 4.78 is 1.88. The molecule has 102 valence electrons. The van der Waals surface area contributed by atoms with E-state index in [0.717, 1.165) is 18.0 Å². The van der Waals surface area contributed by atoms with Crippen LogP contribution >= 0.6 is 11.6 Å². The molecular weight excluding hydrogens is 258 g/mol. The van der Waals surface area contributed by atoms with Crippen LogP contribution in [0.1, 0.15) is 36.7 Å². The largest absolute Gasteiger partial charge is 0.306 e. The van der Waals surface area contributed by atoms with Gasteiger partial charge in [0.25, 0.3) is 0 Å². The predicted octanol–water partition coefficient (Wildman–Crippen LogP) is 3.49. The number of benzene rings is 1. The number of nitrogens with zero attached hydrogens (tertiary/aromatic N) is 2. The quantitative estimate of drug-likeness (QED) is 0.907. The Kier molecular flexibility index (Phi) is 4.61. The normalized spacial score (nSPS) is 12.6. The molecule has 1 aromatic heterocycles. The van der Waals surface area contributed by atoms with Crippen LogP contribution < -0.4 is 5.32 Å². The Bertz CT molecular complexity index is 531. The molecule has 4 heteroatoms. The van der Waals surface area contributed by atoms with Crippen LogP contribution in [0.5, 0.6) is 0 Å². The van der Waals surface area contributed by atoms with Gasteiger partial charge in [0.1, 0.15) is 0 Å². The van der Waals surface area contributed by atoms with Crippen LogP contribution in [0.4, 0.5) is 0 Å². The highest BCUT2D eigenvalue weighted by molar-refractivity contribution is 6.30. The monoisotopic (exact) mass is 277 g/mol. The molecule has 2 aromatic rings. The molecule has 2 rings (SSSR count). The fraction of sp³-hybridized carbons (Fsp3) is 0.400. The van der Waals surface area contributed by atoms with Gasteiger partial charge in [-0.3, -0.25) is 4.68 Å². The molecule has 0 amide bonds. The van der Waals surface area contributed by atoms with E-state index in [-0.39, 0.29) is 0 Å². The smallest absolute Gasteiger partial charge is 0.0666 e. The molecule has 0 fully saturated rings. The van der Waals surface area contributed by atoms with Gasteiger partial charge in [-0.2, -0.15) is 5.10 Å². The maximum Gasteiger partial charge on any atom is 0.0666 e. The van der Waals surface area contributed by atoms with Crippen molar-refractivity contribution in [2.24, 2.45) is 7.05 Å². The zero-order valence-corrected chi connectivity index (χ0v) is 12.4. The molecular formula is C15H20ClN3. The lowest BCUT2D eigenvalue weighted by Gasteiger charge is -2.14. The molecule has 0 spiro atoms. The Morgan fingerprint density at radius 3 is 2.63 bits per heavy atom. The molecule has 0 saturated carbocycles. The number of aromatic nitrogens is 2. The minimum absolute atomic E-state index is 0.294. The third kappa shape index (κ3) is 3.58. The fourth-order valence-electron chi connectivity index (χ4n) is 2.16. The Balaban J connectivity index is 1.99. The van der Waals surface area contributed by atoms with Gasteiger partial charge in [-0.1, -0.05) is 30.7 Å². The van der Waals surface area contributed by atoms with E-state index in [9.17, 15) is 0 Å². The van der Waals surface area contributed by atoms with Gasteiger partial charge in [-0.05, 0) is 31.0 Å². The van der Waals surface area contributed by atoms with Gasteiger partial charge in [-0.15, -0.1) is 0 Å². The van der Waals surface area contributed by atoms with Crippen LogP contribution in [-0.2, 0) is 20.0 Å². The zero-order chi connectivity index (χ0) is 13.8. The molecule has 0 saturated heterocycles. The van der Waals surface area contributed by atoms with Crippen molar-refractivity contribution in [3.05, 3.63) is 52.3 Å². The van der Waals surface area contributed by atoms with Crippen molar-refractivity contribution in [2.75, 3.05) is 0 Å². The van der Waals surface area contributed by atoms with Crippen LogP contribution in [-0.4, -0.2) is 9.78 Å². The lowest BCUT2D eigenvalue weighted by Crippen LogP contribution is -2.18. The van der Waals surface area contributed by atoms with E-state index >= 15 is 0 Å². The SMILES string of the molecule is CCc1nn(C)cc1CN[C@@H](C)c1ccc(Cl)cc1. The summed E-state index contributed by atoms with van der Waals surface area (Å²) in [6.45, 7) is 5.13. The Morgan fingerprint density at radius 2 is 2.00 bits per heavy atom. The highest BCUT2D eigenvalue weighted by Crippen LogP contribution is 2.17. The first kappa shape index (κ1) is 14.1. The predicted molar refractivity (Wildman–Crippen MR) is 79.3 cm³/mol. The fourth-order valence-corrected chi connectivity index (χ4v) is 2.29. The summed E-state index contributed by atoms with van der Waals surface area (Å²) in [5.41, 5.74) is 3.68. The number of nitrogens with one attached hydrogen (secondary N) is 1. The lowest BCUT2D eigenvalue weighted by atomic mass is 10.1. The van der Waals surface area contributed by atoms with Crippen LogP contribution in [0.3, 0.4) is 0 Å². The summed E-state index contributed by atoms with van der Waals surface area (Å²) in [6, 6.07) is 8.27. The number of aryl methyl sites for hydroxylation is 2. The van der Waals surface area contributed by atoms with E-state index in [4.69, 9.17) is 11.6 Å². The van der Waals surface area contributed by atoms with Crippen molar-refractivity contribution in [3.8, 4) is 0 Å². The van der Waals surface area contributed by atoms with E-state index in [1.807, 2.05) is 23.9 Å². The van der Waals surface area contributed by atoms with Gasteiger partial charge in [0.05, 0.1) is 5.69 Å². The van der Waals surface area contributed by atoms with Gasteiger partial charge >= 0.3 is 0 Å². The lowest BCUT2D eigenvalue weighted by molar-refractivity contribution is 0.572. The average Bonchev–Trinajstić information content (AvgIpc) is 2.77. The molecule has 0 aliphatic carbocycles. The Labute approximate surface area is 119 Å². The van der Waals surface area contributed by atoms with Crippen molar-refractivity contribution in [1.82, 2.24) is 15.1 Å². The Hall–Kier alpha value is -1.32. The molecule has 1 heterocycles. The first-order chi connectivity index (χ1) is 9.10. The van der Waals surface area contributed by atoms with Gasteiger partial charge in [0.15, 0.2) is 0 Å². The first-order valence-corrected chi connectivity index (χ1v) is 6.98. The van der Waals surface area contributed by atoms with Gasteiger partial charge in [-0.25, -0.2) is 0 Å². The number of hydrogen-bond acceptors (Lipinski definition) is 2. The van der Waals surface area contributed by atoms with Crippen molar-refractivity contribution >= 4 is 11.6 Å². The number of halogens is 1. The summed E-state index contributed by atoms with van der Waals surface area (Å²) in [6.07, 6.45) is 3.05. The van der Waals surface area contributed by atoms with Crippen molar-refractivity contribution in [1.29, 1.82) is 0 Å². The standard InChI is InChI=1S/C15H20ClN3/c1-4-15-13(10-19(3)18-15)9-17-11(2)12-5-7-14(16)8-6-12/h5-8,10-11,17H,4,9H2,1-3H3/t11-/m0/s1. The van der Waals surface area contributed by atoms with Gasteiger partial charge < -0.3 is 5.32 Å². The van der Waals surface area contributed by atoms with Crippen molar-refractivity contribution in [3.63, 3.8) is 0 Å². The molecule has 3 nitrogen and oxygen atoms in total. The third-order valence-corrected chi connectivity index (χ3v) is 3.55. The van der Waals surface area contributed by atoms with E-state index in [0.29, 0.717) is 6.04 Å². The van der Waals surface area contributed by atoms with Crippen molar-refractivity contribution in [2.45, 2.75) is 32.9 Å². The second-order valence-electron chi connectivity index (χ2n) is 4.78. The van der Waals surface area contributed by atoms with Crippen LogP contribution in [0, 0.1) is 0 Å². The second-order valence-corrected chi connectivity index (χ2v) is 5.22. The zero-order valence-electron chi connectivity index (χ0n) is 11.7. The minimum atomic E-state index is 0.294. The second kappa shape index (κ2) is 6.22. The summed E-state index contributed by atoms with van der Waals surface area (Å²) in [4.78, 5) is 0. The highest BCUT2D eigenvalue weighted by atomic mass is 35.5. The molecule has 0 bridgehead atoms. The molecule has 1 atom stereocenters. The van der Waals surface area contributed by atoms with E-state index in [1.165, 1.54) is 16.8 Å². The van der Waals surface area contributed by atoms with Crippen LogP contribution in [0.25, 0.3) is 0 Å². The summed E-state index contributed by atoms with van der Waals surface area (Å²) in [7, 11) is 1.96. The molecule has 0 unspecified atom stereocenters. The summed E-state index contributed by atoms with van der Waals surface area (Å²) in [5, 5.41) is 8.75. The average molecular weight is 278 g/mol. The maximum atomic E-state index is 5.90. The van der Waals surface area contributed by atoms with Gasteiger partial charge in [0.2, 0.25) is 0 Å². The molecule has 1 N–H and O–H groups in total. The number of hydrogen-bond donors (Lipinski definition) is 1. The maximum absolute atomic E-state index is 5.90. The summed E-state index contributed by atoms with van der Waals surface area (Å²) in [5.74, 6) is 0. The van der Waals surface area contributed by atoms with E-state index < -0.39 is 0 Å². The van der Waals surface area contributed by atoms with E-state index in [2.05, 4.69) is 42.6 Å². The molecule has 1 aromatic carbocycles. The summed E-state index contributed by atoms with van der Waals surface area (Å²) >= 11 is 5.90. The molecule has 0 aliphatic rings. The van der Waals surface area contributed by atoms with Crippen LogP contribution in [0.15, 0.2) is 30.5 Å². The minimum Gasteiger partial charge on any atom is -0.306 e. The van der Waals surface area contributed by atoms with E-state index in [1.54, 1.807) is 0 Å². The third-order valence-electron chi connectivity index (χ3n) is 3.30. The molecule has 19 heavy (non-hydrogen) atoms. The van der Waals surface area contributed by atoms with Gasteiger partial charge in [0, 0.05) is 36.4 Å². The molecule has 0 radical (unpaired) electrons.